The lowest BCUT2D eigenvalue weighted by molar-refractivity contribution is -0.155. The van der Waals surface area contributed by atoms with Crippen molar-refractivity contribution in [3.8, 4) is 0 Å². The highest BCUT2D eigenvalue weighted by atomic mass is 32.2. The molecule has 2 fully saturated rings. The summed E-state index contributed by atoms with van der Waals surface area (Å²) in [5, 5.41) is 0. The second kappa shape index (κ2) is 8.61. The molecule has 2 aliphatic rings. The first-order chi connectivity index (χ1) is 11.8. The Morgan fingerprint density at radius 1 is 1.04 bits per heavy atom. The van der Waals surface area contributed by atoms with Gasteiger partial charge in [0.2, 0.25) is 15.9 Å². The topological polar surface area (TPSA) is 104 Å². The minimum Gasteiger partial charge on any atom is -0.454 e. The van der Waals surface area contributed by atoms with Crippen LogP contribution in [0.25, 0.3) is 0 Å². The smallest absolute Gasteiger partial charge is 0.326 e. The molecule has 2 heterocycles. The van der Waals surface area contributed by atoms with Crippen molar-refractivity contribution in [1.82, 2.24) is 14.1 Å². The third-order valence-corrected chi connectivity index (χ3v) is 5.71. The van der Waals surface area contributed by atoms with Gasteiger partial charge in [-0.2, -0.15) is 4.31 Å². The van der Waals surface area contributed by atoms with Gasteiger partial charge in [0, 0.05) is 39.1 Å². The van der Waals surface area contributed by atoms with Crippen molar-refractivity contribution >= 4 is 27.8 Å². The van der Waals surface area contributed by atoms with E-state index in [4.69, 9.17) is 4.74 Å². The lowest BCUT2D eigenvalue weighted by atomic mass is 10.2. The minimum absolute atomic E-state index is 0.0577. The third kappa shape index (κ3) is 5.96. The number of carbonyl (C=O) groups is 3. The normalized spacial score (nSPS) is 20.3. The molecule has 0 radical (unpaired) electrons. The van der Waals surface area contributed by atoms with E-state index in [2.05, 4.69) is 0 Å². The van der Waals surface area contributed by atoms with E-state index in [0.29, 0.717) is 13.0 Å². The maximum atomic E-state index is 12.1. The highest BCUT2D eigenvalue weighted by molar-refractivity contribution is 7.88. The standard InChI is InChI=1S/C15H25N3O6S/c1-25(22,23)18-9-7-16(8-10-18)14(20)12-24-15(21)11-17-6-4-2-3-5-13(17)19/h2-12H2,1H3. The maximum Gasteiger partial charge on any atom is 0.326 e. The Balaban J connectivity index is 1.72. The zero-order valence-corrected chi connectivity index (χ0v) is 15.3. The first kappa shape index (κ1) is 19.6. The summed E-state index contributed by atoms with van der Waals surface area (Å²) in [5.41, 5.74) is 0. The molecule has 0 aromatic carbocycles. The van der Waals surface area contributed by atoms with Crippen LogP contribution in [0, 0.1) is 0 Å². The summed E-state index contributed by atoms with van der Waals surface area (Å²) in [6.45, 7) is 1.03. The van der Waals surface area contributed by atoms with E-state index in [-0.39, 0.29) is 51.1 Å². The van der Waals surface area contributed by atoms with Crippen molar-refractivity contribution in [3.63, 3.8) is 0 Å². The predicted molar refractivity (Wildman–Crippen MR) is 89.0 cm³/mol. The molecule has 10 heteroatoms. The fourth-order valence-corrected chi connectivity index (χ4v) is 3.74. The summed E-state index contributed by atoms with van der Waals surface area (Å²) >= 11 is 0. The average molecular weight is 375 g/mol. The van der Waals surface area contributed by atoms with E-state index in [9.17, 15) is 22.8 Å². The lowest BCUT2D eigenvalue weighted by Crippen LogP contribution is -2.51. The number of amides is 2. The zero-order chi connectivity index (χ0) is 18.4. The van der Waals surface area contributed by atoms with Gasteiger partial charge in [0.1, 0.15) is 6.54 Å². The molecular formula is C15H25N3O6S. The summed E-state index contributed by atoms with van der Waals surface area (Å²) in [6.07, 6.45) is 4.24. The van der Waals surface area contributed by atoms with Crippen molar-refractivity contribution in [2.45, 2.75) is 25.7 Å². The van der Waals surface area contributed by atoms with E-state index in [1.165, 1.54) is 14.1 Å². The van der Waals surface area contributed by atoms with E-state index < -0.39 is 16.0 Å². The van der Waals surface area contributed by atoms with Crippen molar-refractivity contribution in [1.29, 1.82) is 0 Å². The van der Waals surface area contributed by atoms with Crippen molar-refractivity contribution in [2.24, 2.45) is 0 Å². The first-order valence-electron chi connectivity index (χ1n) is 8.43. The molecule has 0 aromatic rings. The molecule has 0 N–H and O–H groups in total. The van der Waals surface area contributed by atoms with Crippen LogP contribution in [0.2, 0.25) is 0 Å². The number of hydrogen-bond acceptors (Lipinski definition) is 6. The van der Waals surface area contributed by atoms with Crippen LogP contribution in [0.1, 0.15) is 25.7 Å². The molecule has 25 heavy (non-hydrogen) atoms. The van der Waals surface area contributed by atoms with E-state index in [1.807, 2.05) is 0 Å². The molecular weight excluding hydrogens is 350 g/mol. The Labute approximate surface area is 147 Å². The molecule has 142 valence electrons. The molecule has 9 nitrogen and oxygen atoms in total. The predicted octanol–water partition coefficient (Wildman–Crippen LogP) is -0.964. The average Bonchev–Trinajstić information content (AvgIpc) is 2.77. The number of carbonyl (C=O) groups excluding carboxylic acids is 3. The third-order valence-electron chi connectivity index (χ3n) is 4.41. The second-order valence-corrected chi connectivity index (χ2v) is 8.31. The number of ether oxygens (including phenoxy) is 1. The molecule has 0 atom stereocenters. The summed E-state index contributed by atoms with van der Waals surface area (Å²) in [7, 11) is -3.25. The quantitative estimate of drug-likeness (QED) is 0.573. The van der Waals surface area contributed by atoms with Gasteiger partial charge in [0.05, 0.1) is 6.26 Å². The fourth-order valence-electron chi connectivity index (χ4n) is 2.91. The molecule has 2 rings (SSSR count). The number of likely N-dealkylation sites (tertiary alicyclic amines) is 1. The monoisotopic (exact) mass is 375 g/mol. The van der Waals surface area contributed by atoms with Gasteiger partial charge in [0.25, 0.3) is 5.91 Å². The summed E-state index contributed by atoms with van der Waals surface area (Å²) < 4.78 is 29.2. The van der Waals surface area contributed by atoms with Gasteiger partial charge in [-0.3, -0.25) is 14.4 Å². The number of sulfonamides is 1. The van der Waals surface area contributed by atoms with E-state index in [1.54, 1.807) is 0 Å². The zero-order valence-electron chi connectivity index (χ0n) is 14.5. The van der Waals surface area contributed by atoms with Crippen LogP contribution >= 0.6 is 0 Å². The molecule has 0 spiro atoms. The van der Waals surface area contributed by atoms with Gasteiger partial charge >= 0.3 is 5.97 Å². The van der Waals surface area contributed by atoms with Crippen LogP contribution < -0.4 is 0 Å². The van der Waals surface area contributed by atoms with E-state index >= 15 is 0 Å². The number of rotatable bonds is 5. The molecule has 0 aromatic heterocycles. The van der Waals surface area contributed by atoms with Crippen LogP contribution in [-0.4, -0.2) is 92.4 Å². The van der Waals surface area contributed by atoms with Gasteiger partial charge in [-0.1, -0.05) is 6.42 Å². The largest absolute Gasteiger partial charge is 0.454 e. The van der Waals surface area contributed by atoms with Crippen LogP contribution in [-0.2, 0) is 29.1 Å². The van der Waals surface area contributed by atoms with Crippen LogP contribution in [0.5, 0.6) is 0 Å². The summed E-state index contributed by atoms with van der Waals surface area (Å²) in [6, 6.07) is 0. The molecule has 0 unspecified atom stereocenters. The Morgan fingerprint density at radius 3 is 2.36 bits per heavy atom. The number of hydrogen-bond donors (Lipinski definition) is 0. The summed E-state index contributed by atoms with van der Waals surface area (Å²) in [4.78, 5) is 38.7. The Bertz CT molecular complexity index is 613. The van der Waals surface area contributed by atoms with E-state index in [0.717, 1.165) is 25.5 Å². The summed E-state index contributed by atoms with van der Waals surface area (Å²) in [5.74, 6) is -1.01. The molecule has 2 saturated heterocycles. The number of esters is 1. The van der Waals surface area contributed by atoms with Crippen molar-refractivity contribution < 1.29 is 27.5 Å². The van der Waals surface area contributed by atoms with Crippen molar-refractivity contribution in [3.05, 3.63) is 0 Å². The maximum absolute atomic E-state index is 12.1. The molecule has 0 saturated carbocycles. The van der Waals surface area contributed by atoms with Crippen LogP contribution in [0.15, 0.2) is 0 Å². The SMILES string of the molecule is CS(=O)(=O)N1CCN(C(=O)COC(=O)CN2CCCCCC2=O)CC1. The Morgan fingerprint density at radius 2 is 1.72 bits per heavy atom. The van der Waals surface area contributed by atoms with Gasteiger partial charge < -0.3 is 14.5 Å². The van der Waals surface area contributed by atoms with Gasteiger partial charge in [-0.05, 0) is 12.8 Å². The number of piperazine rings is 1. The van der Waals surface area contributed by atoms with Gasteiger partial charge in [-0.25, -0.2) is 8.42 Å². The van der Waals surface area contributed by atoms with Crippen molar-refractivity contribution in [2.75, 3.05) is 52.1 Å². The molecule has 2 aliphatic heterocycles. The van der Waals surface area contributed by atoms with Crippen LogP contribution in [0.3, 0.4) is 0 Å². The minimum atomic E-state index is -3.25. The second-order valence-electron chi connectivity index (χ2n) is 6.33. The van der Waals surface area contributed by atoms with Gasteiger partial charge in [0.15, 0.2) is 6.61 Å². The Kier molecular flexibility index (Phi) is 6.77. The highest BCUT2D eigenvalue weighted by Gasteiger charge is 2.27. The molecule has 0 bridgehead atoms. The fraction of sp³-hybridized carbons (Fsp3) is 0.800. The number of nitrogens with zero attached hydrogens (tertiary/aromatic N) is 3. The first-order valence-corrected chi connectivity index (χ1v) is 10.3. The molecule has 2 amide bonds. The lowest BCUT2D eigenvalue weighted by Gasteiger charge is -2.33. The van der Waals surface area contributed by atoms with Gasteiger partial charge in [-0.15, -0.1) is 0 Å². The highest BCUT2D eigenvalue weighted by Crippen LogP contribution is 2.11. The molecule has 0 aliphatic carbocycles. The Hall–Kier alpha value is -1.68. The van der Waals surface area contributed by atoms with Crippen LogP contribution in [0.4, 0.5) is 0 Å².